The number of carbonyl (C=O) groups excluding carboxylic acids is 1. The molecular formula is C21H18N2O3. The van der Waals surface area contributed by atoms with Crippen molar-refractivity contribution in [2.24, 2.45) is 4.99 Å². The van der Waals surface area contributed by atoms with E-state index in [1.807, 2.05) is 6.07 Å². The van der Waals surface area contributed by atoms with E-state index in [1.54, 1.807) is 80.1 Å². The molecule has 0 fully saturated rings. The zero-order valence-electron chi connectivity index (χ0n) is 14.2. The molecule has 3 aromatic carbocycles. The molecule has 5 heteroatoms. The van der Waals surface area contributed by atoms with Crippen molar-refractivity contribution in [2.45, 2.75) is 0 Å². The fraction of sp³-hybridized carbons (Fsp3) is 0.0476. The minimum Gasteiger partial charge on any atom is -0.507 e. The first-order valence-corrected chi connectivity index (χ1v) is 8.03. The SMILES string of the molecule is COc1ccc(NC(=O)c2ccc(N=Cc3ccccc3O)cc2)cc1. The Morgan fingerprint density at radius 2 is 1.69 bits per heavy atom. The number of nitrogens with zero attached hydrogens (tertiary/aromatic N) is 1. The third kappa shape index (κ3) is 4.27. The van der Waals surface area contributed by atoms with Gasteiger partial charge in [0, 0.05) is 23.0 Å². The molecule has 0 aliphatic heterocycles. The average Bonchev–Trinajstić information content (AvgIpc) is 2.68. The van der Waals surface area contributed by atoms with Gasteiger partial charge in [-0.15, -0.1) is 0 Å². The molecule has 0 aliphatic rings. The second-order valence-electron chi connectivity index (χ2n) is 5.55. The van der Waals surface area contributed by atoms with Crippen molar-refractivity contribution < 1.29 is 14.6 Å². The summed E-state index contributed by atoms with van der Waals surface area (Å²) in [5.74, 6) is 0.702. The number of anilines is 1. The highest BCUT2D eigenvalue weighted by molar-refractivity contribution is 6.04. The van der Waals surface area contributed by atoms with Crippen molar-refractivity contribution in [1.82, 2.24) is 0 Å². The number of para-hydroxylation sites is 1. The van der Waals surface area contributed by atoms with Gasteiger partial charge in [0.1, 0.15) is 11.5 Å². The Kier molecular flexibility index (Phi) is 5.29. The fourth-order valence-electron chi connectivity index (χ4n) is 2.32. The zero-order chi connectivity index (χ0) is 18.4. The summed E-state index contributed by atoms with van der Waals surface area (Å²) in [7, 11) is 1.59. The van der Waals surface area contributed by atoms with E-state index >= 15 is 0 Å². The largest absolute Gasteiger partial charge is 0.507 e. The van der Waals surface area contributed by atoms with E-state index in [4.69, 9.17) is 4.74 Å². The standard InChI is InChI=1S/C21H18N2O3/c1-26-19-12-10-18(11-13-19)23-21(25)15-6-8-17(9-7-15)22-14-16-4-2-3-5-20(16)24/h2-14,24H,1H3,(H,23,25). The molecule has 2 N–H and O–H groups in total. The average molecular weight is 346 g/mol. The van der Waals surface area contributed by atoms with Gasteiger partial charge in [0.05, 0.1) is 12.8 Å². The van der Waals surface area contributed by atoms with Crippen LogP contribution in [0.2, 0.25) is 0 Å². The van der Waals surface area contributed by atoms with Crippen LogP contribution in [0.25, 0.3) is 0 Å². The van der Waals surface area contributed by atoms with Gasteiger partial charge in [0.15, 0.2) is 0 Å². The molecule has 5 nitrogen and oxygen atoms in total. The lowest BCUT2D eigenvalue weighted by molar-refractivity contribution is 0.102. The number of phenols is 1. The summed E-state index contributed by atoms with van der Waals surface area (Å²) in [5, 5.41) is 12.6. The Morgan fingerprint density at radius 1 is 1.00 bits per heavy atom. The van der Waals surface area contributed by atoms with E-state index in [0.29, 0.717) is 22.5 Å². The van der Waals surface area contributed by atoms with Gasteiger partial charge in [-0.1, -0.05) is 12.1 Å². The van der Waals surface area contributed by atoms with Crippen LogP contribution in [0.15, 0.2) is 77.8 Å². The number of nitrogens with one attached hydrogen (secondary N) is 1. The van der Waals surface area contributed by atoms with Gasteiger partial charge in [-0.3, -0.25) is 9.79 Å². The van der Waals surface area contributed by atoms with E-state index in [0.717, 1.165) is 5.75 Å². The zero-order valence-corrected chi connectivity index (χ0v) is 14.2. The molecule has 0 radical (unpaired) electrons. The molecule has 0 bridgehead atoms. The van der Waals surface area contributed by atoms with Crippen molar-refractivity contribution >= 4 is 23.5 Å². The number of hydrogen-bond donors (Lipinski definition) is 2. The van der Waals surface area contributed by atoms with Crippen LogP contribution in [0.5, 0.6) is 11.5 Å². The number of aliphatic imine (C=N–C) groups is 1. The number of amides is 1. The Labute approximate surface area is 151 Å². The van der Waals surface area contributed by atoms with Crippen LogP contribution in [0.4, 0.5) is 11.4 Å². The summed E-state index contributed by atoms with van der Waals surface area (Å²) in [6, 6.07) is 21.0. The number of methoxy groups -OCH3 is 1. The quantitative estimate of drug-likeness (QED) is 0.673. The summed E-state index contributed by atoms with van der Waals surface area (Å²) in [5.41, 5.74) is 2.54. The Balaban J connectivity index is 1.66. The van der Waals surface area contributed by atoms with Gasteiger partial charge in [0.25, 0.3) is 5.91 Å². The smallest absolute Gasteiger partial charge is 0.255 e. The van der Waals surface area contributed by atoms with Gasteiger partial charge >= 0.3 is 0 Å². The van der Waals surface area contributed by atoms with Crippen LogP contribution >= 0.6 is 0 Å². The van der Waals surface area contributed by atoms with Gasteiger partial charge in [-0.25, -0.2) is 0 Å². The van der Waals surface area contributed by atoms with Crippen molar-refractivity contribution in [3.8, 4) is 11.5 Å². The molecule has 0 unspecified atom stereocenters. The van der Waals surface area contributed by atoms with Gasteiger partial charge < -0.3 is 15.2 Å². The summed E-state index contributed by atoms with van der Waals surface area (Å²) in [6.45, 7) is 0. The second-order valence-corrected chi connectivity index (χ2v) is 5.55. The summed E-state index contributed by atoms with van der Waals surface area (Å²) < 4.78 is 5.09. The number of ether oxygens (including phenoxy) is 1. The van der Waals surface area contributed by atoms with E-state index in [2.05, 4.69) is 10.3 Å². The number of phenolic OH excluding ortho intramolecular Hbond substituents is 1. The van der Waals surface area contributed by atoms with Crippen molar-refractivity contribution in [3.05, 3.63) is 83.9 Å². The first kappa shape index (κ1) is 17.2. The summed E-state index contributed by atoms with van der Waals surface area (Å²) >= 11 is 0. The minimum absolute atomic E-state index is 0.173. The highest BCUT2D eigenvalue weighted by Crippen LogP contribution is 2.19. The highest BCUT2D eigenvalue weighted by Gasteiger charge is 2.06. The molecule has 26 heavy (non-hydrogen) atoms. The van der Waals surface area contributed by atoms with E-state index in [9.17, 15) is 9.90 Å². The molecular weight excluding hydrogens is 328 g/mol. The van der Waals surface area contributed by atoms with Crippen LogP contribution in [0, 0.1) is 0 Å². The fourth-order valence-corrected chi connectivity index (χ4v) is 2.32. The Hall–Kier alpha value is -3.60. The highest BCUT2D eigenvalue weighted by atomic mass is 16.5. The molecule has 0 spiro atoms. The lowest BCUT2D eigenvalue weighted by atomic mass is 10.2. The van der Waals surface area contributed by atoms with Crippen molar-refractivity contribution in [2.75, 3.05) is 12.4 Å². The van der Waals surface area contributed by atoms with Crippen molar-refractivity contribution in [3.63, 3.8) is 0 Å². The number of aromatic hydroxyl groups is 1. The third-order valence-electron chi connectivity index (χ3n) is 3.77. The first-order chi connectivity index (χ1) is 12.7. The number of hydrogen-bond acceptors (Lipinski definition) is 4. The lowest BCUT2D eigenvalue weighted by Crippen LogP contribution is -2.11. The second kappa shape index (κ2) is 7.98. The minimum atomic E-state index is -0.202. The van der Waals surface area contributed by atoms with E-state index < -0.39 is 0 Å². The Bertz CT molecular complexity index is 917. The van der Waals surface area contributed by atoms with Gasteiger partial charge in [-0.05, 0) is 60.7 Å². The van der Waals surface area contributed by atoms with Gasteiger partial charge in [0.2, 0.25) is 0 Å². The monoisotopic (exact) mass is 346 g/mol. The third-order valence-corrected chi connectivity index (χ3v) is 3.77. The van der Waals surface area contributed by atoms with Crippen molar-refractivity contribution in [1.29, 1.82) is 0 Å². The topological polar surface area (TPSA) is 70.9 Å². The maximum atomic E-state index is 12.3. The Morgan fingerprint density at radius 3 is 2.35 bits per heavy atom. The predicted molar refractivity (Wildman–Crippen MR) is 103 cm³/mol. The number of carbonyl (C=O) groups is 1. The molecule has 3 aromatic rings. The molecule has 0 saturated heterocycles. The maximum absolute atomic E-state index is 12.3. The number of rotatable bonds is 5. The van der Waals surface area contributed by atoms with Crippen LogP contribution in [0.3, 0.4) is 0 Å². The summed E-state index contributed by atoms with van der Waals surface area (Å²) in [6.07, 6.45) is 1.59. The molecule has 3 rings (SSSR count). The first-order valence-electron chi connectivity index (χ1n) is 8.03. The van der Waals surface area contributed by atoms with E-state index in [-0.39, 0.29) is 11.7 Å². The summed E-state index contributed by atoms with van der Waals surface area (Å²) in [4.78, 5) is 16.6. The lowest BCUT2D eigenvalue weighted by Gasteiger charge is -2.06. The normalized spacial score (nSPS) is 10.7. The van der Waals surface area contributed by atoms with Crippen LogP contribution < -0.4 is 10.1 Å². The molecule has 130 valence electrons. The molecule has 0 aliphatic carbocycles. The predicted octanol–water partition coefficient (Wildman–Crippen LogP) is 4.40. The van der Waals surface area contributed by atoms with Crippen LogP contribution in [-0.4, -0.2) is 24.3 Å². The molecule has 0 atom stereocenters. The molecule has 1 amide bonds. The maximum Gasteiger partial charge on any atom is 0.255 e. The molecule has 0 aromatic heterocycles. The van der Waals surface area contributed by atoms with Crippen LogP contribution in [-0.2, 0) is 0 Å². The van der Waals surface area contributed by atoms with Crippen LogP contribution in [0.1, 0.15) is 15.9 Å². The molecule has 0 saturated carbocycles. The van der Waals surface area contributed by atoms with Gasteiger partial charge in [-0.2, -0.15) is 0 Å². The number of benzene rings is 3. The van der Waals surface area contributed by atoms with E-state index in [1.165, 1.54) is 0 Å². The molecule has 0 heterocycles.